The first-order valence-corrected chi connectivity index (χ1v) is 24.5. The molecule has 1 aliphatic rings. The summed E-state index contributed by atoms with van der Waals surface area (Å²) in [6.07, 6.45) is 2.16. The van der Waals surface area contributed by atoms with Gasteiger partial charge in [-0.1, -0.05) is 89.2 Å². The lowest BCUT2D eigenvalue weighted by molar-refractivity contribution is -0.0244. The van der Waals surface area contributed by atoms with E-state index in [1.807, 2.05) is 30.9 Å². The molecule has 12 heteroatoms. The van der Waals surface area contributed by atoms with Gasteiger partial charge in [-0.15, -0.1) is 0 Å². The van der Waals surface area contributed by atoms with E-state index < -0.39 is 22.9 Å². The molecule has 4 heterocycles. The van der Waals surface area contributed by atoms with Gasteiger partial charge in [-0.2, -0.15) is 11.8 Å². The number of benzene rings is 2. The van der Waals surface area contributed by atoms with Crippen molar-refractivity contribution in [3.63, 3.8) is 0 Å². The molecule has 0 aliphatic carbocycles. The number of anilines is 1. The average Bonchev–Trinajstić information content (AvgIpc) is 3.72. The molecule has 2 N–H and O–H groups in total. The Kier molecular flexibility index (Phi) is 9.94. The summed E-state index contributed by atoms with van der Waals surface area (Å²) in [5.74, 6) is 2.68. The molecule has 6 rings (SSSR count). The molecule has 0 unspecified atom stereocenters. The third kappa shape index (κ3) is 6.94. The quantitative estimate of drug-likeness (QED) is 0.140. The van der Waals surface area contributed by atoms with Crippen LogP contribution in [0.25, 0.3) is 33.1 Å². The number of ether oxygens (including phenoxy) is 1. The van der Waals surface area contributed by atoms with Gasteiger partial charge in [0.25, 0.3) is 0 Å². The first-order chi connectivity index (χ1) is 23.4. The van der Waals surface area contributed by atoms with E-state index in [2.05, 4.69) is 130 Å². The highest BCUT2D eigenvalue weighted by Gasteiger charge is 2.54. The van der Waals surface area contributed by atoms with Crippen LogP contribution in [0, 0.1) is 6.92 Å². The molecular weight excluding hydrogens is 679 g/mol. The van der Waals surface area contributed by atoms with Gasteiger partial charge in [-0.25, -0.2) is 9.97 Å². The van der Waals surface area contributed by atoms with Crippen LogP contribution in [0.1, 0.15) is 59.0 Å². The summed E-state index contributed by atoms with van der Waals surface area (Å²) in [4.78, 5) is 8.88. The van der Waals surface area contributed by atoms with Crippen molar-refractivity contribution in [1.29, 1.82) is 0 Å². The third-order valence-corrected chi connectivity index (χ3v) is 21.1. The summed E-state index contributed by atoms with van der Waals surface area (Å²) in [5.41, 5.74) is 10.1. The molecule has 5 aromatic rings. The fourth-order valence-electron chi connectivity index (χ4n) is 6.03. The second kappa shape index (κ2) is 13.5. The Labute approximate surface area is 302 Å². The lowest BCUT2D eigenvalue weighted by atomic mass is 10.0. The minimum atomic E-state index is -2.29. The van der Waals surface area contributed by atoms with Gasteiger partial charge in [0.1, 0.15) is 30.0 Å². The van der Waals surface area contributed by atoms with Crippen molar-refractivity contribution in [2.45, 2.75) is 115 Å². The number of fused-ring (bicyclic) bond motifs is 2. The van der Waals surface area contributed by atoms with Crippen LogP contribution in [0.4, 0.5) is 5.82 Å². The highest BCUT2D eigenvalue weighted by atomic mass is 32.2. The number of nitrogens with zero attached hydrogens (tertiary/aromatic N) is 4. The molecule has 0 spiro atoms. The van der Waals surface area contributed by atoms with Crippen LogP contribution in [0.15, 0.2) is 65.6 Å². The maximum Gasteiger partial charge on any atom is 0.192 e. The van der Waals surface area contributed by atoms with E-state index in [1.54, 1.807) is 0 Å². The number of rotatable bonds is 10. The van der Waals surface area contributed by atoms with Gasteiger partial charge in [0, 0.05) is 28.8 Å². The maximum atomic E-state index is 7.36. The summed E-state index contributed by atoms with van der Waals surface area (Å²) < 4.78 is 29.9. The third-order valence-electron chi connectivity index (χ3n) is 11.1. The molecule has 1 fully saturated rings. The van der Waals surface area contributed by atoms with Crippen LogP contribution in [-0.2, 0) is 19.3 Å². The van der Waals surface area contributed by atoms with E-state index >= 15 is 0 Å². The number of thioether (sulfide) groups is 1. The maximum absolute atomic E-state index is 7.36. The molecule has 3 aromatic heterocycles. The van der Waals surface area contributed by atoms with Crippen molar-refractivity contribution in [2.75, 3.05) is 11.5 Å². The first kappa shape index (κ1) is 36.8. The van der Waals surface area contributed by atoms with Crippen LogP contribution < -0.4 is 5.73 Å². The monoisotopic (exact) mass is 731 g/mol. The summed E-state index contributed by atoms with van der Waals surface area (Å²) >= 11 is 1.82. The Hall–Kier alpha value is -3.01. The number of aromatic nitrogens is 4. The average molecular weight is 732 g/mol. The number of nitrogens with two attached hydrogens (primary N) is 1. The van der Waals surface area contributed by atoms with Crippen LogP contribution in [0.2, 0.25) is 36.3 Å². The van der Waals surface area contributed by atoms with Crippen LogP contribution in [0.5, 0.6) is 0 Å². The summed E-state index contributed by atoms with van der Waals surface area (Å²) in [5, 5.41) is 7.52. The van der Waals surface area contributed by atoms with E-state index in [4.69, 9.17) is 23.8 Å². The highest BCUT2D eigenvalue weighted by Crippen LogP contribution is 2.47. The normalized spacial score (nSPS) is 20.7. The van der Waals surface area contributed by atoms with Gasteiger partial charge in [-0.05, 0) is 60.0 Å². The van der Waals surface area contributed by atoms with Crippen molar-refractivity contribution in [3.05, 3.63) is 72.3 Å². The molecule has 50 heavy (non-hydrogen) atoms. The lowest BCUT2D eigenvalue weighted by Gasteiger charge is -2.44. The van der Waals surface area contributed by atoms with E-state index in [1.165, 1.54) is 11.7 Å². The number of hydrogen-bond acceptors (Lipinski definition) is 9. The summed E-state index contributed by atoms with van der Waals surface area (Å²) in [7, 11) is -4.55. The van der Waals surface area contributed by atoms with E-state index in [9.17, 15) is 0 Å². The van der Waals surface area contributed by atoms with E-state index in [0.717, 1.165) is 44.8 Å². The van der Waals surface area contributed by atoms with Gasteiger partial charge >= 0.3 is 0 Å². The first-order valence-electron chi connectivity index (χ1n) is 17.5. The predicted octanol–water partition coefficient (Wildman–Crippen LogP) is 9.74. The van der Waals surface area contributed by atoms with E-state index in [-0.39, 0.29) is 28.4 Å². The number of nitrogen functional groups attached to an aromatic ring is 1. The zero-order valence-electron chi connectivity index (χ0n) is 31.4. The molecule has 0 bridgehead atoms. The lowest BCUT2D eigenvalue weighted by Crippen LogP contribution is -2.53. The second-order valence-corrected chi connectivity index (χ2v) is 27.1. The Morgan fingerprint density at radius 2 is 1.52 bits per heavy atom. The molecule has 2 aromatic carbocycles. The van der Waals surface area contributed by atoms with Gasteiger partial charge in [0.2, 0.25) is 0 Å². The zero-order chi connectivity index (χ0) is 36.2. The van der Waals surface area contributed by atoms with E-state index in [0.29, 0.717) is 11.6 Å². The molecule has 0 amide bonds. The minimum absolute atomic E-state index is 0.000934. The summed E-state index contributed by atoms with van der Waals surface area (Å²) in [6.45, 7) is 24.9. The topological polar surface area (TPSA) is 110 Å². The number of hydrogen-bond donors (Lipinski definition) is 1. The van der Waals surface area contributed by atoms with Crippen molar-refractivity contribution in [2.24, 2.45) is 0 Å². The summed E-state index contributed by atoms with van der Waals surface area (Å²) in [6, 6.07) is 16.7. The molecular formula is C38H53N5O4SSi2. The van der Waals surface area contributed by atoms with Crippen molar-refractivity contribution >= 4 is 56.0 Å². The van der Waals surface area contributed by atoms with Gasteiger partial charge < -0.3 is 28.4 Å². The zero-order valence-corrected chi connectivity index (χ0v) is 34.2. The molecule has 0 radical (unpaired) electrons. The Morgan fingerprint density at radius 3 is 2.22 bits per heavy atom. The number of aryl methyl sites for hydroxylation is 1. The van der Waals surface area contributed by atoms with Crippen LogP contribution >= 0.6 is 11.8 Å². The van der Waals surface area contributed by atoms with Crippen molar-refractivity contribution in [3.8, 4) is 11.3 Å². The second-order valence-electron chi connectivity index (χ2n) is 16.6. The fourth-order valence-corrected chi connectivity index (χ4v) is 9.80. The standard InChI is InChI=1S/C38H53N5O4SSi2/c1-24-29(31(45-42-24)27-18-14-16-25-15-12-13-17-26(25)27)21-48-22-30-32(46-49(8,9)37(2,3)4)33(47-50(10,11)38(5,6)7)36(44-30)43-20-19-28-34(39)40-23-41-35(28)43/h12-20,23,30,32-33,36H,21-22H2,1-11H3,(H2,39,40,41)/t30-,32-,33-,36-/m1/s1. The van der Waals surface area contributed by atoms with Crippen LogP contribution in [-0.4, -0.2) is 60.4 Å². The Balaban J connectivity index is 1.36. The smallest absolute Gasteiger partial charge is 0.192 e. The highest BCUT2D eigenvalue weighted by molar-refractivity contribution is 7.98. The molecule has 1 aliphatic heterocycles. The van der Waals surface area contributed by atoms with Crippen molar-refractivity contribution in [1.82, 2.24) is 19.7 Å². The van der Waals surface area contributed by atoms with Gasteiger partial charge in [-0.3, -0.25) is 0 Å². The molecule has 0 saturated carbocycles. The van der Waals surface area contributed by atoms with Gasteiger partial charge in [0.05, 0.1) is 17.2 Å². The molecule has 9 nitrogen and oxygen atoms in total. The molecule has 268 valence electrons. The van der Waals surface area contributed by atoms with Gasteiger partial charge in [0.15, 0.2) is 28.6 Å². The van der Waals surface area contributed by atoms with Crippen LogP contribution in [0.3, 0.4) is 0 Å². The minimum Gasteiger partial charge on any atom is -0.408 e. The SMILES string of the molecule is Cc1noc(-c2cccc3ccccc23)c1CSC[C@H]1O[C@@H](n2ccc3c(N)ncnc32)[C@H](O[Si](C)(C)C(C)(C)C)[C@@H]1O[Si](C)(C)C(C)(C)C. The Bertz CT molecular complexity index is 1970. The Morgan fingerprint density at radius 1 is 0.860 bits per heavy atom. The molecule has 4 atom stereocenters. The largest absolute Gasteiger partial charge is 0.408 e. The van der Waals surface area contributed by atoms with Crippen molar-refractivity contribution < 1.29 is 18.1 Å². The fraction of sp³-hybridized carbons (Fsp3) is 0.500. The molecule has 1 saturated heterocycles. The predicted molar refractivity (Wildman–Crippen MR) is 210 cm³/mol.